The Morgan fingerprint density at radius 3 is 2.29 bits per heavy atom. The van der Waals surface area contributed by atoms with Gasteiger partial charge in [0.25, 0.3) is 0 Å². The van der Waals surface area contributed by atoms with E-state index in [-0.39, 0.29) is 23.0 Å². The van der Waals surface area contributed by atoms with E-state index < -0.39 is 11.7 Å². The number of benzene rings is 2. The molecule has 0 saturated carbocycles. The van der Waals surface area contributed by atoms with E-state index in [1.54, 1.807) is 0 Å². The van der Waals surface area contributed by atoms with Crippen LogP contribution in [0.3, 0.4) is 0 Å². The molecule has 0 aliphatic carbocycles. The summed E-state index contributed by atoms with van der Waals surface area (Å²) in [6, 6.07) is 10.7. The molecule has 2 aromatic rings. The number of hydrogen-bond acceptors (Lipinski definition) is 1. The number of aryl methyl sites for hydroxylation is 2. The van der Waals surface area contributed by atoms with Gasteiger partial charge >= 0.3 is 6.18 Å². The fourth-order valence-corrected chi connectivity index (χ4v) is 2.37. The van der Waals surface area contributed by atoms with E-state index in [1.807, 2.05) is 24.3 Å². The zero-order valence-corrected chi connectivity index (χ0v) is 13.8. The van der Waals surface area contributed by atoms with Crippen LogP contribution in [0.2, 0.25) is 5.02 Å². The predicted molar refractivity (Wildman–Crippen MR) is 89.2 cm³/mol. The third-order valence-corrected chi connectivity index (χ3v) is 3.97. The summed E-state index contributed by atoms with van der Waals surface area (Å²) in [6.07, 6.45) is -2.87. The number of hydrogen-bond donors (Lipinski definition) is 1. The van der Waals surface area contributed by atoms with Crippen LogP contribution in [0, 0.1) is 0 Å². The van der Waals surface area contributed by atoms with Crippen LogP contribution in [0.4, 0.5) is 18.9 Å². The minimum Gasteiger partial charge on any atom is -0.325 e. The Bertz CT molecular complexity index is 711. The van der Waals surface area contributed by atoms with E-state index in [4.69, 9.17) is 11.6 Å². The van der Waals surface area contributed by atoms with Gasteiger partial charge in [-0.1, -0.05) is 42.8 Å². The second-order valence-corrected chi connectivity index (χ2v) is 5.82. The maximum absolute atomic E-state index is 12.7. The first-order chi connectivity index (χ1) is 11.3. The third-order valence-electron chi connectivity index (χ3n) is 3.64. The molecule has 0 atom stereocenters. The summed E-state index contributed by atoms with van der Waals surface area (Å²) in [5.41, 5.74) is 1.33. The van der Waals surface area contributed by atoms with Gasteiger partial charge in [0.05, 0.1) is 16.3 Å². The van der Waals surface area contributed by atoms with Crippen molar-refractivity contribution in [3.05, 3.63) is 64.2 Å². The molecule has 1 amide bonds. The number of rotatable bonds is 5. The van der Waals surface area contributed by atoms with Crippen molar-refractivity contribution in [2.45, 2.75) is 32.4 Å². The summed E-state index contributed by atoms with van der Waals surface area (Å²) in [6.45, 7) is 2.06. The van der Waals surface area contributed by atoms with E-state index in [2.05, 4.69) is 12.2 Å². The second-order valence-electron chi connectivity index (χ2n) is 5.41. The summed E-state index contributed by atoms with van der Waals surface area (Å²) >= 11 is 5.86. The maximum atomic E-state index is 12.7. The average molecular weight is 356 g/mol. The van der Waals surface area contributed by atoms with Crippen molar-refractivity contribution in [3.63, 3.8) is 0 Å². The highest BCUT2D eigenvalue weighted by molar-refractivity contribution is 6.33. The largest absolute Gasteiger partial charge is 0.416 e. The maximum Gasteiger partial charge on any atom is 0.416 e. The Morgan fingerprint density at radius 1 is 1.08 bits per heavy atom. The Hall–Kier alpha value is -2.01. The SMILES string of the molecule is CCc1ccc(CCC(=O)Nc2cc(C(F)(F)F)ccc2Cl)cc1. The number of amides is 1. The highest BCUT2D eigenvalue weighted by atomic mass is 35.5. The lowest BCUT2D eigenvalue weighted by molar-refractivity contribution is -0.137. The normalized spacial score (nSPS) is 11.4. The molecule has 2 aromatic carbocycles. The smallest absolute Gasteiger partial charge is 0.325 e. The second kappa shape index (κ2) is 7.71. The van der Waals surface area contributed by atoms with E-state index in [1.165, 1.54) is 5.56 Å². The lowest BCUT2D eigenvalue weighted by Gasteiger charge is -2.11. The van der Waals surface area contributed by atoms with E-state index in [9.17, 15) is 18.0 Å². The summed E-state index contributed by atoms with van der Waals surface area (Å²) < 4.78 is 38.1. The van der Waals surface area contributed by atoms with Gasteiger partial charge in [-0.05, 0) is 42.2 Å². The first-order valence-electron chi connectivity index (χ1n) is 7.54. The molecule has 24 heavy (non-hydrogen) atoms. The van der Waals surface area contributed by atoms with E-state index in [0.717, 1.165) is 30.2 Å². The van der Waals surface area contributed by atoms with Gasteiger partial charge in [0.1, 0.15) is 0 Å². The van der Waals surface area contributed by atoms with Gasteiger partial charge in [-0.2, -0.15) is 13.2 Å². The molecule has 128 valence electrons. The standard InChI is InChI=1S/C18H17ClF3NO/c1-2-12-3-5-13(6-4-12)7-10-17(24)23-16-11-14(18(20,21)22)8-9-15(16)19/h3-6,8-9,11H,2,7,10H2,1H3,(H,23,24). The molecule has 2 rings (SSSR count). The quantitative estimate of drug-likeness (QED) is 0.754. The zero-order chi connectivity index (χ0) is 17.7. The zero-order valence-electron chi connectivity index (χ0n) is 13.1. The van der Waals surface area contributed by atoms with Gasteiger partial charge in [-0.3, -0.25) is 4.79 Å². The lowest BCUT2D eigenvalue weighted by atomic mass is 10.1. The van der Waals surface area contributed by atoms with Crippen molar-refractivity contribution in [2.24, 2.45) is 0 Å². The molecule has 2 nitrogen and oxygen atoms in total. The van der Waals surface area contributed by atoms with Gasteiger partial charge in [0.2, 0.25) is 5.91 Å². The molecule has 0 heterocycles. The summed E-state index contributed by atoms with van der Waals surface area (Å²) in [4.78, 5) is 12.0. The number of halogens is 4. The van der Waals surface area contributed by atoms with Gasteiger partial charge in [0.15, 0.2) is 0 Å². The number of carbonyl (C=O) groups excluding carboxylic acids is 1. The van der Waals surface area contributed by atoms with Crippen LogP contribution in [-0.2, 0) is 23.8 Å². The number of nitrogens with one attached hydrogen (secondary N) is 1. The topological polar surface area (TPSA) is 29.1 Å². The molecular weight excluding hydrogens is 339 g/mol. The lowest BCUT2D eigenvalue weighted by Crippen LogP contribution is -2.14. The van der Waals surface area contributed by atoms with Crippen LogP contribution < -0.4 is 5.32 Å². The summed E-state index contributed by atoms with van der Waals surface area (Å²) in [5, 5.41) is 2.52. The van der Waals surface area contributed by atoms with Crippen LogP contribution >= 0.6 is 11.6 Å². The molecular formula is C18H17ClF3NO. The average Bonchev–Trinajstić information content (AvgIpc) is 2.54. The van der Waals surface area contributed by atoms with Crippen molar-refractivity contribution >= 4 is 23.2 Å². The molecule has 1 N–H and O–H groups in total. The Morgan fingerprint density at radius 2 is 1.71 bits per heavy atom. The Kier molecular flexibility index (Phi) is 5.89. The minimum absolute atomic E-state index is 0.0298. The number of anilines is 1. The van der Waals surface area contributed by atoms with Crippen LogP contribution in [0.5, 0.6) is 0 Å². The van der Waals surface area contributed by atoms with Gasteiger partial charge < -0.3 is 5.32 Å². The first-order valence-corrected chi connectivity index (χ1v) is 7.92. The molecule has 0 fully saturated rings. The molecule has 0 aromatic heterocycles. The van der Waals surface area contributed by atoms with Gasteiger partial charge in [-0.15, -0.1) is 0 Å². The van der Waals surface area contributed by atoms with Crippen molar-refractivity contribution in [3.8, 4) is 0 Å². The fourth-order valence-electron chi connectivity index (χ4n) is 2.21. The van der Waals surface area contributed by atoms with E-state index in [0.29, 0.717) is 6.42 Å². The van der Waals surface area contributed by atoms with Crippen LogP contribution in [0.1, 0.15) is 30.0 Å². The molecule has 0 bridgehead atoms. The highest BCUT2D eigenvalue weighted by Gasteiger charge is 2.31. The number of carbonyl (C=O) groups is 1. The molecule has 6 heteroatoms. The van der Waals surface area contributed by atoms with Gasteiger partial charge in [-0.25, -0.2) is 0 Å². The van der Waals surface area contributed by atoms with Crippen LogP contribution in [0.15, 0.2) is 42.5 Å². The third kappa shape index (κ3) is 4.99. The first kappa shape index (κ1) is 18.3. The molecule has 0 saturated heterocycles. The monoisotopic (exact) mass is 355 g/mol. The molecule has 0 unspecified atom stereocenters. The summed E-state index contributed by atoms with van der Waals surface area (Å²) in [5.74, 6) is -0.379. The van der Waals surface area contributed by atoms with Crippen molar-refractivity contribution in [1.29, 1.82) is 0 Å². The van der Waals surface area contributed by atoms with Crippen molar-refractivity contribution < 1.29 is 18.0 Å². The Balaban J connectivity index is 1.99. The molecule has 0 spiro atoms. The minimum atomic E-state index is -4.48. The highest BCUT2D eigenvalue weighted by Crippen LogP contribution is 2.33. The molecule has 0 aliphatic rings. The molecule has 0 aliphatic heterocycles. The molecule has 0 radical (unpaired) electrons. The van der Waals surface area contributed by atoms with Crippen molar-refractivity contribution in [1.82, 2.24) is 0 Å². The predicted octanol–water partition coefficient (Wildman–Crippen LogP) is 5.49. The van der Waals surface area contributed by atoms with Gasteiger partial charge in [0, 0.05) is 6.42 Å². The number of alkyl halides is 3. The van der Waals surface area contributed by atoms with Crippen molar-refractivity contribution in [2.75, 3.05) is 5.32 Å². The fraction of sp³-hybridized carbons (Fsp3) is 0.278. The van der Waals surface area contributed by atoms with Crippen LogP contribution in [0.25, 0.3) is 0 Å². The Labute approximate surface area is 143 Å². The van der Waals surface area contributed by atoms with Crippen LogP contribution in [-0.4, -0.2) is 5.91 Å². The summed E-state index contributed by atoms with van der Waals surface area (Å²) in [7, 11) is 0. The van der Waals surface area contributed by atoms with E-state index >= 15 is 0 Å².